The van der Waals surface area contributed by atoms with E-state index in [2.05, 4.69) is 25.1 Å². The maximum atomic E-state index is 9.28. The maximum Gasteiger partial charge on any atom is 0.119 e. The number of aryl methyl sites for hydroxylation is 1. The molecule has 0 saturated carbocycles. The van der Waals surface area contributed by atoms with Gasteiger partial charge in [0.15, 0.2) is 0 Å². The molecule has 0 aliphatic carbocycles. The van der Waals surface area contributed by atoms with Gasteiger partial charge in [-0.25, -0.2) is 0 Å². The Labute approximate surface area is 126 Å². The average Bonchev–Trinajstić information content (AvgIpc) is 2.47. The number of benzene rings is 2. The van der Waals surface area contributed by atoms with E-state index >= 15 is 0 Å². The Bertz CT molecular complexity index is 597. The minimum Gasteiger partial charge on any atom is -0.508 e. The van der Waals surface area contributed by atoms with Gasteiger partial charge in [-0.15, -0.1) is 0 Å². The smallest absolute Gasteiger partial charge is 0.119 e. The van der Waals surface area contributed by atoms with E-state index in [1.165, 1.54) is 16.7 Å². The van der Waals surface area contributed by atoms with Gasteiger partial charge in [0, 0.05) is 0 Å². The SMILES string of the molecule is CCOc1cccc(C=C(C)CCc2ccc(O)cc2)c1. The van der Waals surface area contributed by atoms with Crippen molar-refractivity contribution in [2.45, 2.75) is 26.7 Å². The molecule has 0 unspecified atom stereocenters. The van der Waals surface area contributed by atoms with Gasteiger partial charge in [0.25, 0.3) is 0 Å². The summed E-state index contributed by atoms with van der Waals surface area (Å²) < 4.78 is 5.52. The first-order chi connectivity index (χ1) is 10.2. The Morgan fingerprint density at radius 3 is 2.62 bits per heavy atom. The predicted octanol–water partition coefficient (Wildman–Crippen LogP) is 4.83. The van der Waals surface area contributed by atoms with Gasteiger partial charge in [-0.3, -0.25) is 0 Å². The zero-order chi connectivity index (χ0) is 15.1. The van der Waals surface area contributed by atoms with Crippen LogP contribution in [0.25, 0.3) is 6.08 Å². The molecule has 2 nitrogen and oxygen atoms in total. The number of aromatic hydroxyl groups is 1. The Morgan fingerprint density at radius 2 is 1.90 bits per heavy atom. The van der Waals surface area contributed by atoms with Crippen LogP contribution in [0.15, 0.2) is 54.1 Å². The lowest BCUT2D eigenvalue weighted by Gasteiger charge is -2.05. The summed E-state index contributed by atoms with van der Waals surface area (Å²) in [6.45, 7) is 4.83. The minimum absolute atomic E-state index is 0.318. The molecular formula is C19H22O2. The second-order valence-corrected chi connectivity index (χ2v) is 5.16. The van der Waals surface area contributed by atoms with Crippen molar-refractivity contribution in [2.75, 3.05) is 6.61 Å². The van der Waals surface area contributed by atoms with Crippen LogP contribution in [0.1, 0.15) is 31.4 Å². The maximum absolute atomic E-state index is 9.28. The molecule has 110 valence electrons. The molecule has 0 radical (unpaired) electrons. The van der Waals surface area contributed by atoms with Crippen molar-refractivity contribution in [3.05, 3.63) is 65.2 Å². The van der Waals surface area contributed by atoms with Crippen molar-refractivity contribution >= 4 is 6.08 Å². The summed E-state index contributed by atoms with van der Waals surface area (Å²) in [7, 11) is 0. The molecule has 0 atom stereocenters. The lowest BCUT2D eigenvalue weighted by molar-refractivity contribution is 0.340. The highest BCUT2D eigenvalue weighted by molar-refractivity contribution is 5.54. The molecule has 0 fully saturated rings. The summed E-state index contributed by atoms with van der Waals surface area (Å²) >= 11 is 0. The Hall–Kier alpha value is -2.22. The van der Waals surface area contributed by atoms with Crippen molar-refractivity contribution in [3.8, 4) is 11.5 Å². The first kappa shape index (κ1) is 15.2. The van der Waals surface area contributed by atoms with Crippen molar-refractivity contribution in [3.63, 3.8) is 0 Å². The lowest BCUT2D eigenvalue weighted by Crippen LogP contribution is -1.91. The Morgan fingerprint density at radius 1 is 1.14 bits per heavy atom. The summed E-state index contributed by atoms with van der Waals surface area (Å²) in [5.74, 6) is 1.23. The fraction of sp³-hybridized carbons (Fsp3) is 0.263. The molecular weight excluding hydrogens is 260 g/mol. The number of phenolic OH excluding ortho intramolecular Hbond substituents is 1. The van der Waals surface area contributed by atoms with E-state index in [4.69, 9.17) is 4.74 Å². The Balaban J connectivity index is 1.97. The van der Waals surface area contributed by atoms with Crippen molar-refractivity contribution < 1.29 is 9.84 Å². The van der Waals surface area contributed by atoms with E-state index in [0.29, 0.717) is 12.4 Å². The largest absolute Gasteiger partial charge is 0.508 e. The molecule has 2 heteroatoms. The third-order valence-electron chi connectivity index (χ3n) is 3.33. The fourth-order valence-electron chi connectivity index (χ4n) is 2.22. The first-order valence-electron chi connectivity index (χ1n) is 7.35. The summed E-state index contributed by atoms with van der Waals surface area (Å²) in [6.07, 6.45) is 4.18. The highest BCUT2D eigenvalue weighted by Gasteiger charge is 1.98. The monoisotopic (exact) mass is 282 g/mol. The van der Waals surface area contributed by atoms with E-state index in [1.807, 2.05) is 31.2 Å². The molecule has 0 saturated heterocycles. The summed E-state index contributed by atoms with van der Waals surface area (Å²) in [5, 5.41) is 9.28. The zero-order valence-corrected chi connectivity index (χ0v) is 12.7. The molecule has 2 aromatic rings. The van der Waals surface area contributed by atoms with Crippen LogP contribution in [-0.4, -0.2) is 11.7 Å². The van der Waals surface area contributed by atoms with Crippen molar-refractivity contribution in [2.24, 2.45) is 0 Å². The van der Waals surface area contributed by atoms with Crippen molar-refractivity contribution in [1.29, 1.82) is 0 Å². The molecule has 0 aromatic heterocycles. The predicted molar refractivity (Wildman–Crippen MR) is 87.7 cm³/mol. The van der Waals surface area contributed by atoms with E-state index in [1.54, 1.807) is 12.1 Å². The molecule has 2 aromatic carbocycles. The third-order valence-corrected chi connectivity index (χ3v) is 3.33. The first-order valence-corrected chi connectivity index (χ1v) is 7.35. The van der Waals surface area contributed by atoms with E-state index < -0.39 is 0 Å². The number of ether oxygens (including phenoxy) is 1. The molecule has 21 heavy (non-hydrogen) atoms. The fourth-order valence-corrected chi connectivity index (χ4v) is 2.22. The lowest BCUT2D eigenvalue weighted by atomic mass is 10.0. The quantitative estimate of drug-likeness (QED) is 0.822. The highest BCUT2D eigenvalue weighted by Crippen LogP contribution is 2.18. The van der Waals surface area contributed by atoms with Crippen molar-refractivity contribution in [1.82, 2.24) is 0 Å². The molecule has 0 spiro atoms. The van der Waals surface area contributed by atoms with Gasteiger partial charge in [-0.05, 0) is 62.1 Å². The second kappa shape index (κ2) is 7.53. The number of hydrogen-bond donors (Lipinski definition) is 1. The number of phenols is 1. The molecule has 0 aliphatic rings. The van der Waals surface area contributed by atoms with Crippen LogP contribution in [-0.2, 0) is 6.42 Å². The van der Waals surface area contributed by atoms with Crippen LogP contribution in [0.5, 0.6) is 11.5 Å². The molecule has 2 rings (SSSR count). The zero-order valence-electron chi connectivity index (χ0n) is 12.7. The Kier molecular flexibility index (Phi) is 5.44. The molecule has 0 amide bonds. The molecule has 0 bridgehead atoms. The molecule has 0 aliphatic heterocycles. The van der Waals surface area contributed by atoms with Gasteiger partial charge in [-0.1, -0.05) is 35.9 Å². The minimum atomic E-state index is 0.318. The third kappa shape index (κ3) is 4.99. The number of allylic oxidation sites excluding steroid dienone is 1. The van der Waals surface area contributed by atoms with Crippen LogP contribution in [0.3, 0.4) is 0 Å². The summed E-state index contributed by atoms with van der Waals surface area (Å²) in [4.78, 5) is 0. The molecule has 0 heterocycles. The van der Waals surface area contributed by atoms with Crippen LogP contribution >= 0.6 is 0 Å². The van der Waals surface area contributed by atoms with Crippen LogP contribution < -0.4 is 4.74 Å². The van der Waals surface area contributed by atoms with Gasteiger partial charge < -0.3 is 9.84 Å². The van der Waals surface area contributed by atoms with Gasteiger partial charge in [-0.2, -0.15) is 0 Å². The van der Waals surface area contributed by atoms with Crippen LogP contribution in [0.4, 0.5) is 0 Å². The second-order valence-electron chi connectivity index (χ2n) is 5.16. The standard InChI is InChI=1S/C19H22O2/c1-3-21-19-6-4-5-17(14-19)13-15(2)7-8-16-9-11-18(20)12-10-16/h4-6,9-14,20H,3,7-8H2,1-2H3. The topological polar surface area (TPSA) is 29.5 Å². The molecule has 1 N–H and O–H groups in total. The number of rotatable bonds is 6. The van der Waals surface area contributed by atoms with Gasteiger partial charge in [0.2, 0.25) is 0 Å². The van der Waals surface area contributed by atoms with Gasteiger partial charge in [0.1, 0.15) is 11.5 Å². The van der Waals surface area contributed by atoms with Crippen LogP contribution in [0.2, 0.25) is 0 Å². The van der Waals surface area contributed by atoms with Crippen LogP contribution in [0, 0.1) is 0 Å². The number of hydrogen-bond acceptors (Lipinski definition) is 2. The summed E-state index contributed by atoms with van der Waals surface area (Å²) in [5.41, 5.74) is 3.74. The van der Waals surface area contributed by atoms with E-state index in [9.17, 15) is 5.11 Å². The average molecular weight is 282 g/mol. The van der Waals surface area contributed by atoms with Gasteiger partial charge >= 0.3 is 0 Å². The summed E-state index contributed by atoms with van der Waals surface area (Å²) in [6, 6.07) is 15.6. The normalized spacial score (nSPS) is 11.4. The van der Waals surface area contributed by atoms with E-state index in [0.717, 1.165) is 18.6 Å². The van der Waals surface area contributed by atoms with Gasteiger partial charge in [0.05, 0.1) is 6.61 Å². The highest BCUT2D eigenvalue weighted by atomic mass is 16.5. The van der Waals surface area contributed by atoms with E-state index in [-0.39, 0.29) is 0 Å².